The highest BCUT2D eigenvalue weighted by molar-refractivity contribution is 5.94. The van der Waals surface area contributed by atoms with Crippen molar-refractivity contribution in [3.8, 4) is 0 Å². The van der Waals surface area contributed by atoms with E-state index in [0.29, 0.717) is 24.4 Å². The molecule has 9 nitrogen and oxygen atoms in total. The Morgan fingerprint density at radius 2 is 2.13 bits per heavy atom. The molecule has 2 amide bonds. The minimum atomic E-state index is -0.342. The van der Waals surface area contributed by atoms with Crippen LogP contribution < -0.4 is 11.1 Å². The Kier molecular flexibility index (Phi) is 4.29. The number of carbonyl (C=O) groups is 2. The molecule has 4 N–H and O–H groups in total. The van der Waals surface area contributed by atoms with Crippen molar-refractivity contribution in [1.29, 1.82) is 0 Å². The summed E-state index contributed by atoms with van der Waals surface area (Å²) in [5, 5.41) is 16.7. The second-order valence-corrected chi connectivity index (χ2v) is 5.31. The number of benzene rings is 1. The van der Waals surface area contributed by atoms with Gasteiger partial charge in [0.2, 0.25) is 5.91 Å². The van der Waals surface area contributed by atoms with E-state index in [1.165, 1.54) is 0 Å². The van der Waals surface area contributed by atoms with E-state index < -0.39 is 0 Å². The summed E-state index contributed by atoms with van der Waals surface area (Å²) in [5.41, 5.74) is 6.04. The van der Waals surface area contributed by atoms with Crippen molar-refractivity contribution < 1.29 is 9.59 Å². The highest BCUT2D eigenvalue weighted by Crippen LogP contribution is 2.29. The van der Waals surface area contributed by atoms with Crippen LogP contribution in [0.25, 0.3) is 0 Å². The summed E-state index contributed by atoms with van der Waals surface area (Å²) in [6.07, 6.45) is 0.518. The van der Waals surface area contributed by atoms with Crippen LogP contribution in [0.4, 0.5) is 0 Å². The molecule has 2 atom stereocenters. The molecule has 0 aliphatic carbocycles. The monoisotopic (exact) mass is 315 g/mol. The van der Waals surface area contributed by atoms with E-state index in [1.54, 1.807) is 29.2 Å². The van der Waals surface area contributed by atoms with Crippen LogP contribution in [0.1, 0.15) is 28.6 Å². The summed E-state index contributed by atoms with van der Waals surface area (Å²) < 4.78 is 0. The maximum atomic E-state index is 12.3. The zero-order valence-corrected chi connectivity index (χ0v) is 12.3. The second-order valence-electron chi connectivity index (χ2n) is 5.31. The number of tetrazole rings is 1. The molecular formula is C14H17N7O2. The number of nitrogens with two attached hydrogens (primary N) is 1. The smallest absolute Gasteiger partial charge is 0.251 e. The van der Waals surface area contributed by atoms with Gasteiger partial charge in [-0.2, -0.15) is 5.21 Å². The van der Waals surface area contributed by atoms with Crippen LogP contribution in [-0.2, 0) is 4.79 Å². The van der Waals surface area contributed by atoms with Crippen LogP contribution in [0.5, 0.6) is 0 Å². The van der Waals surface area contributed by atoms with E-state index in [1.807, 2.05) is 6.07 Å². The molecule has 1 saturated heterocycles. The number of nitrogens with one attached hydrogen (secondary N) is 2. The fourth-order valence-electron chi connectivity index (χ4n) is 2.75. The molecule has 1 aromatic heterocycles. The summed E-state index contributed by atoms with van der Waals surface area (Å²) in [5.74, 6) is 0.0315. The highest BCUT2D eigenvalue weighted by atomic mass is 16.2. The quantitative estimate of drug-likeness (QED) is 0.679. The zero-order chi connectivity index (χ0) is 16.2. The largest absolute Gasteiger partial charge is 0.347 e. The normalized spacial score (nSPS) is 20.5. The first-order chi connectivity index (χ1) is 11.2. The molecule has 120 valence electrons. The van der Waals surface area contributed by atoms with Crippen LogP contribution in [0, 0.1) is 0 Å². The van der Waals surface area contributed by atoms with Gasteiger partial charge in [-0.05, 0) is 18.6 Å². The second kappa shape index (κ2) is 6.53. The molecule has 0 saturated carbocycles. The van der Waals surface area contributed by atoms with Gasteiger partial charge in [-0.25, -0.2) is 0 Å². The number of aromatic amines is 1. The van der Waals surface area contributed by atoms with Crippen molar-refractivity contribution >= 4 is 11.8 Å². The van der Waals surface area contributed by atoms with Crippen LogP contribution in [0.2, 0.25) is 0 Å². The Morgan fingerprint density at radius 3 is 2.78 bits per heavy atom. The lowest BCUT2D eigenvalue weighted by Crippen LogP contribution is -2.40. The van der Waals surface area contributed by atoms with Crippen LogP contribution in [-0.4, -0.2) is 56.5 Å². The van der Waals surface area contributed by atoms with Crippen molar-refractivity contribution in [2.75, 3.05) is 13.1 Å². The van der Waals surface area contributed by atoms with E-state index in [4.69, 9.17) is 5.73 Å². The van der Waals surface area contributed by atoms with E-state index in [2.05, 4.69) is 25.9 Å². The van der Waals surface area contributed by atoms with Gasteiger partial charge in [0.25, 0.3) is 5.91 Å². The average Bonchev–Trinajstić information content (AvgIpc) is 3.24. The van der Waals surface area contributed by atoms with E-state index in [9.17, 15) is 9.59 Å². The molecule has 1 aromatic carbocycles. The molecule has 0 spiro atoms. The maximum Gasteiger partial charge on any atom is 0.251 e. The third-order valence-corrected chi connectivity index (χ3v) is 3.83. The molecule has 3 rings (SSSR count). The summed E-state index contributed by atoms with van der Waals surface area (Å²) in [6, 6.07) is 8.40. The third-order valence-electron chi connectivity index (χ3n) is 3.83. The van der Waals surface area contributed by atoms with Gasteiger partial charge in [0.15, 0.2) is 5.82 Å². The molecule has 2 heterocycles. The molecule has 1 fully saturated rings. The number of hydrogen-bond acceptors (Lipinski definition) is 6. The van der Waals surface area contributed by atoms with E-state index in [-0.39, 0.29) is 30.4 Å². The van der Waals surface area contributed by atoms with E-state index >= 15 is 0 Å². The van der Waals surface area contributed by atoms with Crippen molar-refractivity contribution in [2.45, 2.75) is 18.5 Å². The van der Waals surface area contributed by atoms with Gasteiger partial charge in [-0.1, -0.05) is 23.4 Å². The average molecular weight is 315 g/mol. The van der Waals surface area contributed by atoms with Gasteiger partial charge in [-0.15, -0.1) is 10.2 Å². The first-order valence-corrected chi connectivity index (χ1v) is 7.28. The lowest BCUT2D eigenvalue weighted by Gasteiger charge is -2.21. The highest BCUT2D eigenvalue weighted by Gasteiger charge is 2.38. The Hall–Kier alpha value is -2.81. The summed E-state index contributed by atoms with van der Waals surface area (Å²) in [6.45, 7) is 0.265. The van der Waals surface area contributed by atoms with Gasteiger partial charge in [0.05, 0.1) is 12.6 Å². The number of amides is 2. The Bertz CT molecular complexity index is 674. The molecule has 23 heavy (non-hydrogen) atoms. The number of H-pyrrole nitrogens is 1. The van der Waals surface area contributed by atoms with Crippen LogP contribution in [0.3, 0.4) is 0 Å². The van der Waals surface area contributed by atoms with Crippen molar-refractivity contribution in [2.24, 2.45) is 5.73 Å². The summed E-state index contributed by atoms with van der Waals surface area (Å²) in [7, 11) is 0. The lowest BCUT2D eigenvalue weighted by atomic mass is 10.1. The van der Waals surface area contributed by atoms with Gasteiger partial charge >= 0.3 is 0 Å². The van der Waals surface area contributed by atoms with Crippen LogP contribution >= 0.6 is 0 Å². The zero-order valence-electron chi connectivity index (χ0n) is 12.3. The number of nitrogens with zero attached hydrogens (tertiary/aromatic N) is 4. The molecule has 2 aromatic rings. The number of hydrogen-bond donors (Lipinski definition) is 3. The fourth-order valence-corrected chi connectivity index (χ4v) is 2.75. The van der Waals surface area contributed by atoms with Gasteiger partial charge in [0, 0.05) is 18.2 Å². The summed E-state index contributed by atoms with van der Waals surface area (Å²) >= 11 is 0. The third kappa shape index (κ3) is 3.19. The number of rotatable bonds is 4. The Morgan fingerprint density at radius 1 is 1.35 bits per heavy atom. The number of aromatic nitrogens is 4. The molecule has 9 heteroatoms. The maximum absolute atomic E-state index is 12.3. The first-order valence-electron chi connectivity index (χ1n) is 7.28. The molecule has 0 unspecified atom stereocenters. The van der Waals surface area contributed by atoms with Crippen LogP contribution in [0.15, 0.2) is 30.3 Å². The van der Waals surface area contributed by atoms with Gasteiger partial charge < -0.3 is 16.0 Å². The van der Waals surface area contributed by atoms with Gasteiger partial charge in [0.1, 0.15) is 0 Å². The Labute approximate surface area is 132 Å². The molecule has 0 bridgehead atoms. The van der Waals surface area contributed by atoms with Gasteiger partial charge in [-0.3, -0.25) is 9.59 Å². The number of carbonyl (C=O) groups excluding carboxylic acids is 2. The predicted octanol–water partition coefficient (Wildman–Crippen LogP) is -0.770. The summed E-state index contributed by atoms with van der Waals surface area (Å²) in [4.78, 5) is 25.9. The molecular weight excluding hydrogens is 298 g/mol. The lowest BCUT2D eigenvalue weighted by molar-refractivity contribution is -0.130. The Balaban J connectivity index is 1.72. The molecule has 1 aliphatic rings. The minimum absolute atomic E-state index is 0.103. The first kappa shape index (κ1) is 15.1. The van der Waals surface area contributed by atoms with E-state index in [0.717, 1.165) is 0 Å². The predicted molar refractivity (Wildman–Crippen MR) is 80.0 cm³/mol. The number of likely N-dealkylation sites (tertiary alicyclic amines) is 1. The van der Waals surface area contributed by atoms with Crippen molar-refractivity contribution in [3.63, 3.8) is 0 Å². The van der Waals surface area contributed by atoms with Crippen molar-refractivity contribution in [1.82, 2.24) is 30.8 Å². The standard InChI is InChI=1S/C14H17N7O2/c15-7-12(22)21-8-10(6-11(21)13-17-19-20-18-13)16-14(23)9-4-2-1-3-5-9/h1-5,10-11H,6-8,15H2,(H,16,23)(H,17,18,19,20)/t10-,11+/m1/s1. The topological polar surface area (TPSA) is 130 Å². The fraction of sp³-hybridized carbons (Fsp3) is 0.357. The minimum Gasteiger partial charge on any atom is -0.347 e. The SMILES string of the molecule is NCC(=O)N1C[C@H](NC(=O)c2ccccc2)C[C@H]1c1nn[nH]n1. The molecule has 0 radical (unpaired) electrons. The molecule has 1 aliphatic heterocycles. The van der Waals surface area contributed by atoms with Crippen molar-refractivity contribution in [3.05, 3.63) is 41.7 Å².